The fourth-order valence-electron chi connectivity index (χ4n) is 10.9. The third kappa shape index (κ3) is 28.7. The highest BCUT2D eigenvalue weighted by Crippen LogP contribution is 2.20. The van der Waals surface area contributed by atoms with Gasteiger partial charge in [-0.3, -0.25) is 14.7 Å². The van der Waals surface area contributed by atoms with Crippen molar-refractivity contribution in [2.75, 3.05) is 98.5 Å². The molecule has 5 heterocycles. The van der Waals surface area contributed by atoms with Crippen molar-refractivity contribution < 1.29 is 42.8 Å². The van der Waals surface area contributed by atoms with Gasteiger partial charge in [0.25, 0.3) is 0 Å². The fraction of sp³-hybridized carbons (Fsp3) is 0.859. The van der Waals surface area contributed by atoms with E-state index in [1.807, 2.05) is 0 Å². The second-order valence-electron chi connectivity index (χ2n) is 25.2. The Hall–Kier alpha value is -5.61. The zero-order valence-corrected chi connectivity index (χ0v) is 56.3. The summed E-state index contributed by atoms with van der Waals surface area (Å²) in [6.45, 7) is 22.0. The van der Waals surface area contributed by atoms with Crippen molar-refractivity contribution in [3.63, 3.8) is 0 Å². The maximum atomic E-state index is 14.0. The van der Waals surface area contributed by atoms with Crippen molar-refractivity contribution >= 4 is 18.3 Å². The second-order valence-corrected chi connectivity index (χ2v) is 25.2. The van der Waals surface area contributed by atoms with Gasteiger partial charge in [-0.15, -0.1) is 0 Å². The minimum absolute atomic E-state index is 0.0487. The molecule has 0 saturated carbocycles. The zero-order valence-electron chi connectivity index (χ0n) is 56.3. The van der Waals surface area contributed by atoms with Crippen LogP contribution in [-0.2, 0) is 68.2 Å². The maximum Gasteiger partial charge on any atom is 0.407 e. The van der Waals surface area contributed by atoms with Crippen molar-refractivity contribution in [2.45, 2.75) is 252 Å². The highest BCUT2D eigenvalue weighted by atomic mass is 16.6. The molecule has 0 radical (unpaired) electrons. The number of amides is 3. The molecular formula is C64H114N12O15. The molecular weight excluding hydrogens is 1180 g/mol. The van der Waals surface area contributed by atoms with E-state index < -0.39 is 52.4 Å². The van der Waals surface area contributed by atoms with Gasteiger partial charge >= 0.3 is 52.4 Å². The summed E-state index contributed by atoms with van der Waals surface area (Å²) in [6, 6.07) is 1.41. The number of hydrogen-bond donors (Lipinski definition) is 3. The van der Waals surface area contributed by atoms with Crippen LogP contribution in [0.25, 0.3) is 0 Å². The van der Waals surface area contributed by atoms with E-state index in [1.54, 1.807) is 0 Å². The van der Waals surface area contributed by atoms with E-state index >= 15 is 0 Å². The highest BCUT2D eigenvalue weighted by Gasteiger charge is 2.35. The van der Waals surface area contributed by atoms with Crippen molar-refractivity contribution in [3.05, 3.63) is 62.9 Å². The molecule has 0 aliphatic carbocycles. The van der Waals surface area contributed by atoms with Gasteiger partial charge in [-0.2, -0.15) is 0 Å². The lowest BCUT2D eigenvalue weighted by atomic mass is 10.2. The van der Waals surface area contributed by atoms with Crippen LogP contribution in [-0.4, -0.2) is 195 Å². The number of hydrogen-bond acceptors (Lipinski definition) is 18. The van der Waals surface area contributed by atoms with Crippen molar-refractivity contribution in [2.24, 2.45) is 7.05 Å². The number of carbonyl (C=O) groups excluding carboxylic acids is 3. The van der Waals surface area contributed by atoms with E-state index in [4.69, 9.17) is 28.4 Å². The summed E-state index contributed by atoms with van der Waals surface area (Å²) in [5.41, 5.74) is -4.11. The minimum Gasteiger partial charge on any atom is -0.442 e. The number of aromatic nitrogens is 6. The highest BCUT2D eigenvalue weighted by molar-refractivity contribution is 5.68. The molecule has 2 aromatic heterocycles. The van der Waals surface area contributed by atoms with E-state index in [1.165, 1.54) is 7.05 Å². The topological polar surface area (TPSA) is 284 Å². The molecule has 9 atom stereocenters. The number of nitrogens with one attached hydrogen (secondary N) is 3. The Morgan fingerprint density at radius 3 is 0.835 bits per heavy atom. The molecule has 91 heavy (non-hydrogen) atoms. The Morgan fingerprint density at radius 1 is 0.374 bits per heavy atom. The second kappa shape index (κ2) is 42.6. The number of nitrogens with zero attached hydrogens (tertiary/aromatic N) is 9. The van der Waals surface area contributed by atoms with Crippen LogP contribution in [0.4, 0.5) is 14.4 Å². The number of rotatable bonds is 52. The lowest BCUT2D eigenvalue weighted by Crippen LogP contribution is -2.54. The van der Waals surface area contributed by atoms with E-state index in [2.05, 4.69) is 72.2 Å². The molecule has 2 aromatic rings. The smallest absolute Gasteiger partial charge is 0.407 e. The molecule has 9 unspecified atom stereocenters. The molecule has 0 aromatic carbocycles. The van der Waals surface area contributed by atoms with Gasteiger partial charge in [0, 0.05) is 137 Å². The van der Waals surface area contributed by atoms with Crippen LogP contribution in [0.15, 0.2) is 28.8 Å². The third-order valence-corrected chi connectivity index (χ3v) is 17.1. The van der Waals surface area contributed by atoms with Crippen LogP contribution < -0.4 is 50.1 Å². The number of carbonyl (C=O) groups is 3. The largest absolute Gasteiger partial charge is 0.442 e. The molecule has 3 aliphatic heterocycles. The van der Waals surface area contributed by atoms with Crippen molar-refractivity contribution in [3.8, 4) is 0 Å². The van der Waals surface area contributed by atoms with Gasteiger partial charge in [0.1, 0.15) is 18.3 Å². The van der Waals surface area contributed by atoms with Crippen LogP contribution in [0.3, 0.4) is 0 Å². The summed E-state index contributed by atoms with van der Waals surface area (Å²) < 4.78 is 40.9. The molecule has 5 rings (SSSR count). The number of alkyl carbamates (subject to hydrolysis) is 3. The van der Waals surface area contributed by atoms with Crippen LogP contribution in [0.5, 0.6) is 0 Å². The average molecular weight is 1290 g/mol. The summed E-state index contributed by atoms with van der Waals surface area (Å²) >= 11 is 0. The molecule has 27 heteroatoms. The molecule has 3 fully saturated rings. The third-order valence-electron chi connectivity index (χ3n) is 17.1. The van der Waals surface area contributed by atoms with Gasteiger partial charge < -0.3 is 44.4 Å². The molecule has 3 aliphatic rings. The summed E-state index contributed by atoms with van der Waals surface area (Å²) in [6.07, 6.45) is 12.8. The number of unbranched alkanes of at least 4 members (excludes halogenated alkanes) is 15. The normalized spacial score (nSPS) is 19.2. The van der Waals surface area contributed by atoms with Gasteiger partial charge in [0.05, 0.1) is 19.8 Å². The van der Waals surface area contributed by atoms with E-state index in [9.17, 15) is 43.2 Å². The Labute approximate surface area is 537 Å². The molecule has 3 N–H and O–H groups in total. The first-order valence-corrected chi connectivity index (χ1v) is 34.6. The van der Waals surface area contributed by atoms with Crippen LogP contribution in [0, 0.1) is 0 Å². The first-order chi connectivity index (χ1) is 44.0. The monoisotopic (exact) mass is 1290 g/mol. The summed E-state index contributed by atoms with van der Waals surface area (Å²) in [7, 11) is 1.35. The quantitative estimate of drug-likeness (QED) is 0.0447. The van der Waals surface area contributed by atoms with Gasteiger partial charge in [0.15, 0.2) is 0 Å². The molecule has 520 valence electrons. The number of ether oxygens (including phenoxy) is 6. The standard InChI is InChI=1S/C64H114N12O15/c1-8-11-38-86-47-53(44-69-41-50(69)4)89-56(77)65-30-22-14-17-25-33-72-59(80)68(7)60(81)73(61(72)82)34-28-20-21-29-37-76-63(84)74(35-26-18-15-23-31-66-57(78)90-54(45-70-42-51(70)5)48-87-39-12-9-2)62(83)75(64(76)85)36-27-19-16-24-32-67-58(79)91-55(46-71-43-52(71)6)49-88-40-13-10-3/h50-55H,8-49H2,1-7H3,(H,65,77)(H,66,78)(H,67,79). The fourth-order valence-corrected chi connectivity index (χ4v) is 10.9. The molecule has 0 bridgehead atoms. The molecule has 3 amide bonds. The lowest BCUT2D eigenvalue weighted by Gasteiger charge is -2.19. The van der Waals surface area contributed by atoms with Crippen LogP contribution >= 0.6 is 0 Å². The minimum atomic E-state index is -0.708. The maximum absolute atomic E-state index is 14.0. The Kier molecular flexibility index (Phi) is 35.6. The Morgan fingerprint density at radius 2 is 0.604 bits per heavy atom. The van der Waals surface area contributed by atoms with Crippen molar-refractivity contribution in [1.82, 2.24) is 58.1 Å². The summed E-state index contributed by atoms with van der Waals surface area (Å²) in [5, 5.41) is 8.51. The zero-order chi connectivity index (χ0) is 65.9. The van der Waals surface area contributed by atoms with Gasteiger partial charge in [0.2, 0.25) is 0 Å². The Balaban J connectivity index is 1.09. The van der Waals surface area contributed by atoms with E-state index in [-0.39, 0.29) is 51.0 Å². The van der Waals surface area contributed by atoms with Gasteiger partial charge in [-0.25, -0.2) is 70.6 Å². The SMILES string of the molecule is CCCCOCC(CN1CC1C)OC(=O)NCCCCCCn1c(=O)n(C)c(=O)n(CCCCCCn2c(=O)n(CCCCCCNC(=O)OC(COCCCC)CN3CC3C)c(=O)n(CCCCCCNC(=O)OC(COCCCC)CN3CC3C)c2=O)c1=O. The lowest BCUT2D eigenvalue weighted by molar-refractivity contribution is 0.0124. The van der Waals surface area contributed by atoms with Gasteiger partial charge in [-0.05, 0) is 91.4 Å². The summed E-state index contributed by atoms with van der Waals surface area (Å²) in [4.78, 5) is 127. The Bertz CT molecular complexity index is 2730. The van der Waals surface area contributed by atoms with Crippen molar-refractivity contribution in [1.29, 1.82) is 0 Å². The van der Waals surface area contributed by atoms with Crippen LogP contribution in [0.1, 0.15) is 183 Å². The first kappa shape index (κ1) is 76.1. The first-order valence-electron chi connectivity index (χ1n) is 34.6. The molecule has 0 spiro atoms. The van der Waals surface area contributed by atoms with Crippen LogP contribution in [0.2, 0.25) is 0 Å². The molecule has 27 nitrogen and oxygen atoms in total. The predicted molar refractivity (Wildman–Crippen MR) is 348 cm³/mol. The predicted octanol–water partition coefficient (Wildman–Crippen LogP) is 4.98. The molecule has 3 saturated heterocycles. The van der Waals surface area contributed by atoms with E-state index in [0.29, 0.717) is 193 Å². The van der Waals surface area contributed by atoms with E-state index in [0.717, 1.165) is 92.0 Å². The average Bonchev–Trinajstić information content (AvgIpc) is 1.83. The van der Waals surface area contributed by atoms with Gasteiger partial charge in [-0.1, -0.05) is 91.4 Å². The summed E-state index contributed by atoms with van der Waals surface area (Å²) in [5.74, 6) is 0.